The lowest BCUT2D eigenvalue weighted by molar-refractivity contribution is -0.113. The van der Waals surface area contributed by atoms with E-state index in [-0.39, 0.29) is 11.7 Å². The van der Waals surface area contributed by atoms with Gasteiger partial charge in [-0.05, 0) is 43.7 Å². The molecule has 0 unspecified atom stereocenters. The highest BCUT2D eigenvalue weighted by molar-refractivity contribution is 7.99. The number of rotatable bonds is 9. The number of ether oxygens (including phenoxy) is 1. The van der Waals surface area contributed by atoms with Gasteiger partial charge in [0.05, 0.1) is 17.9 Å². The van der Waals surface area contributed by atoms with Gasteiger partial charge in [-0.3, -0.25) is 9.36 Å². The van der Waals surface area contributed by atoms with E-state index in [9.17, 15) is 4.79 Å². The van der Waals surface area contributed by atoms with Crippen LogP contribution in [0.5, 0.6) is 5.75 Å². The van der Waals surface area contributed by atoms with E-state index in [0.717, 1.165) is 16.9 Å². The van der Waals surface area contributed by atoms with E-state index in [0.29, 0.717) is 34.8 Å². The van der Waals surface area contributed by atoms with Gasteiger partial charge in [-0.15, -0.1) is 16.8 Å². The van der Waals surface area contributed by atoms with Crippen molar-refractivity contribution in [1.82, 2.24) is 14.8 Å². The first kappa shape index (κ1) is 21.9. The molecule has 0 fully saturated rings. The molecule has 0 saturated heterocycles. The third-order valence-corrected chi connectivity index (χ3v) is 5.71. The van der Waals surface area contributed by atoms with E-state index in [2.05, 4.69) is 22.1 Å². The summed E-state index contributed by atoms with van der Waals surface area (Å²) < 4.78 is 7.65. The average molecular weight is 443 g/mol. The van der Waals surface area contributed by atoms with Gasteiger partial charge in [0.15, 0.2) is 11.0 Å². The quantitative estimate of drug-likeness (QED) is 0.363. The third-order valence-electron chi connectivity index (χ3n) is 4.33. The maximum atomic E-state index is 12.5. The summed E-state index contributed by atoms with van der Waals surface area (Å²) in [6.07, 6.45) is 1.77. The first-order chi connectivity index (χ1) is 14.5. The fourth-order valence-electron chi connectivity index (χ4n) is 2.88. The largest absolute Gasteiger partial charge is 0.493 e. The molecule has 1 aromatic heterocycles. The molecule has 0 aliphatic rings. The van der Waals surface area contributed by atoms with Gasteiger partial charge in [0, 0.05) is 17.3 Å². The Morgan fingerprint density at radius 3 is 2.83 bits per heavy atom. The molecule has 8 heteroatoms. The van der Waals surface area contributed by atoms with Crippen LogP contribution < -0.4 is 10.1 Å². The third kappa shape index (κ3) is 5.04. The van der Waals surface area contributed by atoms with E-state index < -0.39 is 0 Å². The molecule has 3 aromatic rings. The zero-order valence-electron chi connectivity index (χ0n) is 16.9. The number of halogens is 1. The second kappa shape index (κ2) is 10.3. The van der Waals surface area contributed by atoms with Crippen molar-refractivity contribution in [3.63, 3.8) is 0 Å². The minimum Gasteiger partial charge on any atom is -0.493 e. The maximum absolute atomic E-state index is 12.5. The maximum Gasteiger partial charge on any atom is 0.234 e. The van der Waals surface area contributed by atoms with Gasteiger partial charge in [-0.2, -0.15) is 0 Å². The molecule has 156 valence electrons. The SMILES string of the molecule is C=CCn1c(SCC(=O)Nc2cccc(Cl)c2C)nnc1-c1ccccc1OCC. The molecule has 0 spiro atoms. The van der Waals surface area contributed by atoms with Gasteiger partial charge in [0.2, 0.25) is 5.91 Å². The van der Waals surface area contributed by atoms with Crippen molar-refractivity contribution < 1.29 is 9.53 Å². The van der Waals surface area contributed by atoms with Crippen molar-refractivity contribution in [2.45, 2.75) is 25.5 Å². The Bertz CT molecular complexity index is 1050. The van der Waals surface area contributed by atoms with Crippen LogP contribution in [0.2, 0.25) is 5.02 Å². The topological polar surface area (TPSA) is 69.0 Å². The van der Waals surface area contributed by atoms with Crippen molar-refractivity contribution in [2.24, 2.45) is 0 Å². The van der Waals surface area contributed by atoms with Crippen LogP contribution in [0.1, 0.15) is 12.5 Å². The van der Waals surface area contributed by atoms with Crippen LogP contribution in [0.4, 0.5) is 5.69 Å². The Labute approximate surface area is 185 Å². The number of carbonyl (C=O) groups excluding carboxylic acids is 1. The lowest BCUT2D eigenvalue weighted by Crippen LogP contribution is -2.15. The minimum atomic E-state index is -0.144. The Morgan fingerprint density at radius 2 is 2.07 bits per heavy atom. The summed E-state index contributed by atoms with van der Waals surface area (Å²) in [6, 6.07) is 13.1. The molecule has 0 radical (unpaired) electrons. The van der Waals surface area contributed by atoms with Crippen LogP contribution in [0, 0.1) is 6.92 Å². The second-order valence-electron chi connectivity index (χ2n) is 6.38. The Morgan fingerprint density at radius 1 is 1.27 bits per heavy atom. The number of nitrogens with one attached hydrogen (secondary N) is 1. The number of para-hydroxylation sites is 1. The van der Waals surface area contributed by atoms with E-state index in [1.807, 2.05) is 48.7 Å². The average Bonchev–Trinajstić information content (AvgIpc) is 3.13. The minimum absolute atomic E-state index is 0.144. The van der Waals surface area contributed by atoms with Crippen LogP contribution in [0.15, 0.2) is 60.3 Å². The van der Waals surface area contributed by atoms with Crippen molar-refractivity contribution in [3.8, 4) is 17.1 Å². The number of benzene rings is 2. The van der Waals surface area contributed by atoms with Gasteiger partial charge in [0.1, 0.15) is 5.75 Å². The number of amides is 1. The first-order valence-electron chi connectivity index (χ1n) is 9.49. The van der Waals surface area contributed by atoms with Crippen LogP contribution >= 0.6 is 23.4 Å². The van der Waals surface area contributed by atoms with Crippen molar-refractivity contribution in [3.05, 3.63) is 65.7 Å². The fourth-order valence-corrected chi connectivity index (χ4v) is 3.80. The zero-order valence-corrected chi connectivity index (χ0v) is 18.5. The molecule has 0 aliphatic carbocycles. The molecule has 2 aromatic carbocycles. The number of nitrogens with zero attached hydrogens (tertiary/aromatic N) is 3. The Balaban J connectivity index is 1.78. The van der Waals surface area contributed by atoms with E-state index in [1.165, 1.54) is 11.8 Å². The predicted molar refractivity (Wildman–Crippen MR) is 122 cm³/mol. The van der Waals surface area contributed by atoms with E-state index in [4.69, 9.17) is 16.3 Å². The highest BCUT2D eigenvalue weighted by Gasteiger charge is 2.18. The zero-order chi connectivity index (χ0) is 21.5. The van der Waals surface area contributed by atoms with Crippen LogP contribution in [-0.2, 0) is 11.3 Å². The van der Waals surface area contributed by atoms with Gasteiger partial charge < -0.3 is 10.1 Å². The lowest BCUT2D eigenvalue weighted by atomic mass is 10.2. The summed E-state index contributed by atoms with van der Waals surface area (Å²) in [4.78, 5) is 12.5. The van der Waals surface area contributed by atoms with Crippen molar-refractivity contribution >= 4 is 35.0 Å². The van der Waals surface area contributed by atoms with Crippen molar-refractivity contribution in [2.75, 3.05) is 17.7 Å². The smallest absolute Gasteiger partial charge is 0.234 e. The molecule has 1 N–H and O–H groups in total. The molecule has 0 atom stereocenters. The summed E-state index contributed by atoms with van der Waals surface area (Å²) in [5, 5.41) is 12.8. The van der Waals surface area contributed by atoms with Gasteiger partial charge in [0.25, 0.3) is 0 Å². The molecular weight excluding hydrogens is 420 g/mol. The molecule has 1 amide bonds. The number of thioether (sulfide) groups is 1. The molecule has 1 heterocycles. The van der Waals surface area contributed by atoms with E-state index >= 15 is 0 Å². The highest BCUT2D eigenvalue weighted by Crippen LogP contribution is 2.31. The summed E-state index contributed by atoms with van der Waals surface area (Å²) in [7, 11) is 0. The number of aromatic nitrogens is 3. The predicted octanol–water partition coefficient (Wildman–Crippen LogP) is 5.22. The van der Waals surface area contributed by atoms with Gasteiger partial charge in [-0.1, -0.05) is 47.6 Å². The van der Waals surface area contributed by atoms with Gasteiger partial charge >= 0.3 is 0 Å². The number of hydrogen-bond donors (Lipinski definition) is 1. The number of anilines is 1. The molecule has 0 bridgehead atoms. The fraction of sp³-hybridized carbons (Fsp3) is 0.227. The monoisotopic (exact) mass is 442 g/mol. The number of allylic oxidation sites excluding steroid dienone is 1. The highest BCUT2D eigenvalue weighted by atomic mass is 35.5. The summed E-state index contributed by atoms with van der Waals surface area (Å²) in [6.45, 7) is 8.70. The first-order valence-corrected chi connectivity index (χ1v) is 10.9. The van der Waals surface area contributed by atoms with Crippen LogP contribution in [0.25, 0.3) is 11.4 Å². The summed E-state index contributed by atoms with van der Waals surface area (Å²) in [5.74, 6) is 1.46. The van der Waals surface area contributed by atoms with Crippen molar-refractivity contribution in [1.29, 1.82) is 0 Å². The lowest BCUT2D eigenvalue weighted by Gasteiger charge is -2.12. The molecular formula is C22H23ClN4O2S. The van der Waals surface area contributed by atoms with E-state index in [1.54, 1.807) is 18.2 Å². The Hall–Kier alpha value is -2.77. The molecule has 3 rings (SSSR count). The number of hydrogen-bond acceptors (Lipinski definition) is 5. The Kier molecular flexibility index (Phi) is 7.54. The summed E-state index contributed by atoms with van der Waals surface area (Å²) >= 11 is 7.44. The standard InChI is InChI=1S/C22H23ClN4O2S/c1-4-13-27-21(16-9-6-7-12-19(16)29-5-2)25-26-22(27)30-14-20(28)24-18-11-8-10-17(23)15(18)3/h4,6-12H,1,5,13-14H2,2-3H3,(H,24,28). The molecule has 30 heavy (non-hydrogen) atoms. The van der Waals surface area contributed by atoms with Crippen LogP contribution in [-0.4, -0.2) is 33.0 Å². The van der Waals surface area contributed by atoms with Crippen LogP contribution in [0.3, 0.4) is 0 Å². The molecule has 6 nitrogen and oxygen atoms in total. The second-order valence-corrected chi connectivity index (χ2v) is 7.73. The molecule has 0 aliphatic heterocycles. The molecule has 0 saturated carbocycles. The van der Waals surface area contributed by atoms with Gasteiger partial charge in [-0.25, -0.2) is 0 Å². The summed E-state index contributed by atoms with van der Waals surface area (Å²) in [5.41, 5.74) is 2.38. The number of carbonyl (C=O) groups is 1. The normalized spacial score (nSPS) is 10.6.